The van der Waals surface area contributed by atoms with E-state index in [1.165, 1.54) is 0 Å². The monoisotopic (exact) mass is 213 g/mol. The molecule has 0 aliphatic carbocycles. The van der Waals surface area contributed by atoms with Crippen LogP contribution in [0.3, 0.4) is 0 Å². The fourth-order valence-corrected chi connectivity index (χ4v) is 1.44. The first-order chi connectivity index (χ1) is 7.81. The van der Waals surface area contributed by atoms with Crippen molar-refractivity contribution in [1.29, 1.82) is 0 Å². The van der Waals surface area contributed by atoms with Crippen LogP contribution < -0.4 is 9.47 Å². The molecule has 0 aromatic heterocycles. The molecule has 0 saturated heterocycles. The van der Waals surface area contributed by atoms with E-state index in [1.54, 1.807) is 7.11 Å². The van der Waals surface area contributed by atoms with Crippen LogP contribution in [0.4, 0.5) is 0 Å². The Kier molecular flexibility index (Phi) is 3.10. The molecule has 0 heterocycles. The highest BCUT2D eigenvalue weighted by Crippen LogP contribution is 2.32. The number of ether oxygens (including phenoxy) is 2. The Balaban J connectivity index is 2.30. The molecule has 0 aliphatic rings. The lowest BCUT2D eigenvalue weighted by molar-refractivity contribution is 0.378. The third-order valence-electron chi connectivity index (χ3n) is 2.31. The number of hydrogen-bond acceptors (Lipinski definition) is 2. The molecule has 2 aromatic carbocycles. The van der Waals surface area contributed by atoms with E-state index < -0.39 is 0 Å². The molecule has 2 aromatic rings. The highest BCUT2D eigenvalue weighted by molar-refractivity contribution is 5.44. The average Bonchev–Trinajstić information content (AvgIpc) is 2.33. The topological polar surface area (TPSA) is 18.5 Å². The van der Waals surface area contributed by atoms with Crippen molar-refractivity contribution in [3.8, 4) is 17.2 Å². The van der Waals surface area contributed by atoms with E-state index in [9.17, 15) is 0 Å². The van der Waals surface area contributed by atoms with Gasteiger partial charge in [-0.05, 0) is 42.8 Å². The molecule has 0 fully saturated rings. The second-order valence-electron chi connectivity index (χ2n) is 3.44. The summed E-state index contributed by atoms with van der Waals surface area (Å²) in [5, 5.41) is 0. The van der Waals surface area contributed by atoms with Gasteiger partial charge in [0, 0.05) is 0 Å². The quantitative estimate of drug-likeness (QED) is 0.775. The molecule has 0 amide bonds. The number of methoxy groups -OCH3 is 1. The predicted octanol–water partition coefficient (Wildman–Crippen LogP) is 3.60. The zero-order valence-corrected chi connectivity index (χ0v) is 9.36. The molecule has 16 heavy (non-hydrogen) atoms. The molecule has 2 heteroatoms. The van der Waals surface area contributed by atoms with Crippen LogP contribution in [0.25, 0.3) is 0 Å². The standard InChI is InChI=1S/C14H13O2/c1-11-7-3-4-8-12(11)16-14-10-6-5-9-13(14)15-2/h4-10H,1-2H3. The van der Waals surface area contributed by atoms with Gasteiger partial charge < -0.3 is 9.47 Å². The Bertz CT molecular complexity index is 478. The van der Waals surface area contributed by atoms with Crippen LogP contribution in [0.1, 0.15) is 5.56 Å². The van der Waals surface area contributed by atoms with Crippen LogP contribution in [0.2, 0.25) is 0 Å². The van der Waals surface area contributed by atoms with Crippen LogP contribution in [-0.2, 0) is 0 Å². The lowest BCUT2D eigenvalue weighted by Gasteiger charge is -2.11. The van der Waals surface area contributed by atoms with Crippen molar-refractivity contribution in [1.82, 2.24) is 0 Å². The second kappa shape index (κ2) is 4.71. The molecule has 0 N–H and O–H groups in total. The first-order valence-electron chi connectivity index (χ1n) is 5.09. The maximum Gasteiger partial charge on any atom is 0.169 e. The molecule has 2 rings (SSSR count). The first-order valence-corrected chi connectivity index (χ1v) is 5.09. The second-order valence-corrected chi connectivity index (χ2v) is 3.44. The number of rotatable bonds is 3. The molecule has 0 spiro atoms. The number of hydrogen-bond donors (Lipinski definition) is 0. The normalized spacial score (nSPS) is 9.88. The van der Waals surface area contributed by atoms with Crippen molar-refractivity contribution in [3.05, 3.63) is 54.1 Å². The number of aryl methyl sites for hydroxylation is 1. The summed E-state index contributed by atoms with van der Waals surface area (Å²) in [6.45, 7) is 1.99. The molecule has 81 valence electrons. The van der Waals surface area contributed by atoms with Gasteiger partial charge in [0.15, 0.2) is 11.5 Å². The molecule has 0 bridgehead atoms. The molecule has 0 atom stereocenters. The zero-order valence-electron chi connectivity index (χ0n) is 9.36. The SMILES string of the molecule is COc1ccccc1Oc1cc[c]cc1C. The van der Waals surface area contributed by atoms with E-state index in [-0.39, 0.29) is 0 Å². The first kappa shape index (κ1) is 10.6. The van der Waals surface area contributed by atoms with Gasteiger partial charge >= 0.3 is 0 Å². The Hall–Kier alpha value is -1.96. The summed E-state index contributed by atoms with van der Waals surface area (Å²) in [5.41, 5.74) is 1.05. The van der Waals surface area contributed by atoms with Crippen molar-refractivity contribution in [2.45, 2.75) is 6.92 Å². The van der Waals surface area contributed by atoms with Gasteiger partial charge in [0.2, 0.25) is 0 Å². The van der Waals surface area contributed by atoms with Crippen LogP contribution in [0.15, 0.2) is 42.5 Å². The minimum Gasteiger partial charge on any atom is -0.493 e. The minimum atomic E-state index is 0.722. The van der Waals surface area contributed by atoms with Crippen molar-refractivity contribution in [2.75, 3.05) is 7.11 Å². The Labute approximate surface area is 95.4 Å². The Morgan fingerprint density at radius 3 is 2.44 bits per heavy atom. The van der Waals surface area contributed by atoms with Crippen LogP contribution in [0, 0.1) is 13.0 Å². The van der Waals surface area contributed by atoms with Gasteiger partial charge in [0.05, 0.1) is 7.11 Å². The van der Waals surface area contributed by atoms with E-state index in [1.807, 2.05) is 49.4 Å². The van der Waals surface area contributed by atoms with E-state index in [0.717, 1.165) is 22.8 Å². The van der Waals surface area contributed by atoms with Gasteiger partial charge in [-0.25, -0.2) is 0 Å². The fraction of sp³-hybridized carbons (Fsp3) is 0.143. The zero-order chi connectivity index (χ0) is 11.4. The van der Waals surface area contributed by atoms with Gasteiger partial charge in [-0.2, -0.15) is 0 Å². The van der Waals surface area contributed by atoms with Gasteiger partial charge in [0.1, 0.15) is 5.75 Å². The molecule has 0 unspecified atom stereocenters. The predicted molar refractivity (Wildman–Crippen MR) is 63.1 cm³/mol. The van der Waals surface area contributed by atoms with E-state index in [2.05, 4.69) is 6.07 Å². The summed E-state index contributed by atoms with van der Waals surface area (Å²) >= 11 is 0. The van der Waals surface area contributed by atoms with Crippen molar-refractivity contribution < 1.29 is 9.47 Å². The van der Waals surface area contributed by atoms with Crippen LogP contribution >= 0.6 is 0 Å². The van der Waals surface area contributed by atoms with E-state index in [0.29, 0.717) is 0 Å². The summed E-state index contributed by atoms with van der Waals surface area (Å²) in [4.78, 5) is 0. The van der Waals surface area contributed by atoms with Crippen molar-refractivity contribution >= 4 is 0 Å². The molecular formula is C14H13O2. The summed E-state index contributed by atoms with van der Waals surface area (Å²) in [7, 11) is 1.63. The minimum absolute atomic E-state index is 0.722. The Morgan fingerprint density at radius 1 is 1.00 bits per heavy atom. The largest absolute Gasteiger partial charge is 0.493 e. The summed E-state index contributed by atoms with van der Waals surface area (Å²) in [5.74, 6) is 2.28. The smallest absolute Gasteiger partial charge is 0.169 e. The van der Waals surface area contributed by atoms with Gasteiger partial charge in [-0.15, -0.1) is 0 Å². The molecule has 2 nitrogen and oxygen atoms in total. The lowest BCUT2D eigenvalue weighted by atomic mass is 10.2. The van der Waals surface area contributed by atoms with Crippen molar-refractivity contribution in [2.24, 2.45) is 0 Å². The lowest BCUT2D eigenvalue weighted by Crippen LogP contribution is -1.91. The average molecular weight is 213 g/mol. The third kappa shape index (κ3) is 2.16. The van der Waals surface area contributed by atoms with Crippen molar-refractivity contribution in [3.63, 3.8) is 0 Å². The van der Waals surface area contributed by atoms with Gasteiger partial charge in [0.25, 0.3) is 0 Å². The number of benzene rings is 2. The van der Waals surface area contributed by atoms with Gasteiger partial charge in [-0.1, -0.05) is 18.2 Å². The summed E-state index contributed by atoms with van der Waals surface area (Å²) < 4.78 is 11.0. The highest BCUT2D eigenvalue weighted by Gasteiger charge is 2.05. The molecule has 0 saturated carbocycles. The maximum atomic E-state index is 5.79. The third-order valence-corrected chi connectivity index (χ3v) is 2.31. The van der Waals surface area contributed by atoms with Gasteiger partial charge in [-0.3, -0.25) is 0 Å². The molecule has 0 aliphatic heterocycles. The summed E-state index contributed by atoms with van der Waals surface area (Å²) in [6.07, 6.45) is 0. The fourth-order valence-electron chi connectivity index (χ4n) is 1.44. The van der Waals surface area contributed by atoms with E-state index >= 15 is 0 Å². The van der Waals surface area contributed by atoms with Crippen LogP contribution in [-0.4, -0.2) is 7.11 Å². The summed E-state index contributed by atoms with van der Waals surface area (Å²) in [6, 6.07) is 16.2. The number of para-hydroxylation sites is 2. The highest BCUT2D eigenvalue weighted by atomic mass is 16.5. The Morgan fingerprint density at radius 2 is 1.75 bits per heavy atom. The molecular weight excluding hydrogens is 200 g/mol. The van der Waals surface area contributed by atoms with E-state index in [4.69, 9.17) is 9.47 Å². The molecule has 1 radical (unpaired) electrons. The van der Waals surface area contributed by atoms with Crippen LogP contribution in [0.5, 0.6) is 17.2 Å². The maximum absolute atomic E-state index is 5.79.